The van der Waals surface area contributed by atoms with Crippen LogP contribution in [0, 0.1) is 0 Å². The van der Waals surface area contributed by atoms with Gasteiger partial charge in [0.05, 0.1) is 5.60 Å². The summed E-state index contributed by atoms with van der Waals surface area (Å²) >= 11 is 6.27. The van der Waals surface area contributed by atoms with Crippen molar-refractivity contribution < 1.29 is 9.84 Å². The lowest BCUT2D eigenvalue weighted by atomic mass is 9.75. The van der Waals surface area contributed by atoms with Crippen LogP contribution in [0.1, 0.15) is 38.8 Å². The number of hydrogen-bond donors (Lipinski definition) is 1. The fourth-order valence-corrected chi connectivity index (χ4v) is 2.52. The second-order valence-corrected chi connectivity index (χ2v) is 5.79. The Morgan fingerprint density at radius 2 is 1.81 bits per heavy atom. The molecule has 1 aromatic carbocycles. The fourth-order valence-electron chi connectivity index (χ4n) is 2.18. The van der Waals surface area contributed by atoms with Gasteiger partial charge in [0.15, 0.2) is 0 Å². The van der Waals surface area contributed by atoms with Gasteiger partial charge in [0, 0.05) is 5.41 Å². The monoisotopic (exact) mass is 240 g/mol. The molecule has 1 unspecified atom stereocenters. The minimum absolute atomic E-state index is 0.272. The van der Waals surface area contributed by atoms with Crippen molar-refractivity contribution in [1.29, 1.82) is 0 Å². The Bertz CT molecular complexity index is 424. The average Bonchev–Trinajstić information content (AvgIpc) is 2.14. The molecule has 0 aliphatic carbocycles. The van der Waals surface area contributed by atoms with Crippen molar-refractivity contribution >= 4 is 11.6 Å². The minimum Gasteiger partial charge on any atom is -0.508 e. The van der Waals surface area contributed by atoms with Crippen molar-refractivity contribution in [2.24, 2.45) is 0 Å². The number of rotatable bonds is 0. The maximum Gasteiger partial charge on any atom is 0.141 e. The van der Waals surface area contributed by atoms with Crippen LogP contribution in [-0.4, -0.2) is 10.7 Å². The summed E-state index contributed by atoms with van der Waals surface area (Å²) < 4.78 is 5.84. The van der Waals surface area contributed by atoms with Gasteiger partial charge in [-0.15, -0.1) is 0 Å². The first-order valence-electron chi connectivity index (χ1n) is 5.41. The third-order valence-electron chi connectivity index (χ3n) is 3.31. The summed E-state index contributed by atoms with van der Waals surface area (Å²) in [5, 5.41) is 9.59. The number of phenols is 1. The summed E-state index contributed by atoms with van der Waals surface area (Å²) in [5.41, 5.74) is 1.04. The van der Waals surface area contributed by atoms with Gasteiger partial charge < -0.3 is 9.84 Å². The molecule has 0 fully saturated rings. The van der Waals surface area contributed by atoms with Crippen molar-refractivity contribution in [3.8, 4) is 5.75 Å². The van der Waals surface area contributed by atoms with E-state index in [0.717, 1.165) is 11.1 Å². The van der Waals surface area contributed by atoms with E-state index in [1.165, 1.54) is 0 Å². The molecule has 0 saturated heterocycles. The van der Waals surface area contributed by atoms with E-state index in [4.69, 9.17) is 16.3 Å². The Morgan fingerprint density at radius 1 is 1.19 bits per heavy atom. The Labute approximate surface area is 101 Å². The van der Waals surface area contributed by atoms with Gasteiger partial charge in [-0.2, -0.15) is 0 Å². The molecular formula is C13H17ClO2. The SMILES string of the molecule is CC1(C)OC(Cl)C(C)(C)c2cc(O)ccc21. The highest BCUT2D eigenvalue weighted by Crippen LogP contribution is 2.46. The van der Waals surface area contributed by atoms with Crippen LogP contribution < -0.4 is 0 Å². The van der Waals surface area contributed by atoms with Crippen LogP contribution in [0.4, 0.5) is 0 Å². The predicted molar refractivity (Wildman–Crippen MR) is 64.9 cm³/mol. The molecule has 1 aromatic rings. The molecule has 3 heteroatoms. The van der Waals surface area contributed by atoms with Gasteiger partial charge in [-0.3, -0.25) is 0 Å². The van der Waals surface area contributed by atoms with Crippen molar-refractivity contribution in [3.05, 3.63) is 29.3 Å². The topological polar surface area (TPSA) is 29.5 Å². The molecule has 88 valence electrons. The van der Waals surface area contributed by atoms with E-state index in [-0.39, 0.29) is 11.2 Å². The van der Waals surface area contributed by atoms with Gasteiger partial charge in [0.1, 0.15) is 11.3 Å². The highest BCUT2D eigenvalue weighted by atomic mass is 35.5. The first-order chi connectivity index (χ1) is 7.25. The number of phenolic OH excluding ortho intramolecular Hbond substituents is 1. The van der Waals surface area contributed by atoms with Gasteiger partial charge in [-0.25, -0.2) is 0 Å². The van der Waals surface area contributed by atoms with E-state index >= 15 is 0 Å². The molecule has 1 heterocycles. The number of hydrogen-bond acceptors (Lipinski definition) is 2. The second kappa shape index (κ2) is 3.38. The molecule has 0 radical (unpaired) electrons. The Morgan fingerprint density at radius 3 is 2.44 bits per heavy atom. The van der Waals surface area contributed by atoms with Crippen molar-refractivity contribution in [3.63, 3.8) is 0 Å². The molecule has 1 atom stereocenters. The van der Waals surface area contributed by atoms with E-state index < -0.39 is 11.2 Å². The minimum atomic E-state index is -0.412. The Balaban J connectivity index is 2.68. The number of alkyl halides is 1. The highest BCUT2D eigenvalue weighted by Gasteiger charge is 2.44. The van der Waals surface area contributed by atoms with E-state index in [9.17, 15) is 5.11 Å². The quantitative estimate of drug-likeness (QED) is 0.704. The average molecular weight is 241 g/mol. The number of aromatic hydroxyl groups is 1. The van der Waals surface area contributed by atoms with E-state index in [2.05, 4.69) is 0 Å². The Hall–Kier alpha value is -0.730. The maximum atomic E-state index is 9.59. The molecule has 0 aromatic heterocycles. The van der Waals surface area contributed by atoms with Crippen LogP contribution in [0.5, 0.6) is 5.75 Å². The largest absolute Gasteiger partial charge is 0.508 e. The number of fused-ring (bicyclic) bond motifs is 1. The zero-order chi connectivity index (χ0) is 12.1. The van der Waals surface area contributed by atoms with Gasteiger partial charge >= 0.3 is 0 Å². The van der Waals surface area contributed by atoms with Crippen molar-refractivity contribution in [2.45, 2.75) is 44.3 Å². The van der Waals surface area contributed by atoms with Crippen LogP contribution in [0.3, 0.4) is 0 Å². The van der Waals surface area contributed by atoms with Gasteiger partial charge in [-0.1, -0.05) is 31.5 Å². The first-order valence-corrected chi connectivity index (χ1v) is 5.84. The molecule has 1 aliphatic rings. The molecule has 1 N–H and O–H groups in total. The standard InChI is InChI=1S/C13H17ClO2/c1-12(2)10-7-8(15)5-6-9(10)13(3,4)16-11(12)14/h5-7,11,15H,1-4H3. The van der Waals surface area contributed by atoms with Gasteiger partial charge in [-0.05, 0) is 37.1 Å². The third kappa shape index (κ3) is 1.61. The summed E-state index contributed by atoms with van der Waals surface area (Å²) in [5.74, 6) is 0.272. The van der Waals surface area contributed by atoms with Gasteiger partial charge in [0.25, 0.3) is 0 Å². The Kier molecular flexibility index (Phi) is 2.48. The van der Waals surface area contributed by atoms with Crippen LogP contribution in [0.25, 0.3) is 0 Å². The van der Waals surface area contributed by atoms with Gasteiger partial charge in [0.2, 0.25) is 0 Å². The molecule has 16 heavy (non-hydrogen) atoms. The van der Waals surface area contributed by atoms with E-state index in [1.807, 2.05) is 33.8 Å². The zero-order valence-corrected chi connectivity index (χ0v) is 10.8. The predicted octanol–water partition coefficient (Wildman–Crippen LogP) is 3.50. The lowest BCUT2D eigenvalue weighted by Gasteiger charge is -2.45. The molecule has 2 rings (SSSR count). The summed E-state index contributed by atoms with van der Waals surface area (Å²) in [4.78, 5) is 0. The maximum absolute atomic E-state index is 9.59. The van der Waals surface area contributed by atoms with Crippen LogP contribution >= 0.6 is 11.6 Å². The fraction of sp³-hybridized carbons (Fsp3) is 0.538. The summed E-state index contributed by atoms with van der Waals surface area (Å²) in [7, 11) is 0. The van der Waals surface area contributed by atoms with Crippen LogP contribution in [0.2, 0.25) is 0 Å². The normalized spacial score (nSPS) is 26.2. The summed E-state index contributed by atoms with van der Waals surface area (Å²) in [6, 6.07) is 5.39. The zero-order valence-electron chi connectivity index (χ0n) is 10.0. The van der Waals surface area contributed by atoms with Crippen LogP contribution in [-0.2, 0) is 15.8 Å². The number of ether oxygens (including phenoxy) is 1. The summed E-state index contributed by atoms with van der Waals surface area (Å²) in [6.45, 7) is 8.04. The second-order valence-electron chi connectivity index (χ2n) is 5.40. The van der Waals surface area contributed by atoms with Crippen molar-refractivity contribution in [1.82, 2.24) is 0 Å². The number of benzene rings is 1. The lowest BCUT2D eigenvalue weighted by molar-refractivity contribution is -0.0814. The molecule has 2 nitrogen and oxygen atoms in total. The first kappa shape index (κ1) is 11.7. The molecule has 1 aliphatic heterocycles. The molecule has 0 spiro atoms. The highest BCUT2D eigenvalue weighted by molar-refractivity contribution is 6.20. The smallest absolute Gasteiger partial charge is 0.141 e. The molecule has 0 bridgehead atoms. The summed E-state index contributed by atoms with van der Waals surface area (Å²) in [6.07, 6.45) is 0. The van der Waals surface area contributed by atoms with Crippen LogP contribution in [0.15, 0.2) is 18.2 Å². The third-order valence-corrected chi connectivity index (χ3v) is 3.95. The van der Waals surface area contributed by atoms with E-state index in [0.29, 0.717) is 0 Å². The van der Waals surface area contributed by atoms with Crippen molar-refractivity contribution in [2.75, 3.05) is 0 Å². The molecular weight excluding hydrogens is 224 g/mol. The molecule has 0 amide bonds. The lowest BCUT2D eigenvalue weighted by Crippen LogP contribution is -2.44. The number of halogens is 1. The molecule has 0 saturated carbocycles. The van der Waals surface area contributed by atoms with E-state index in [1.54, 1.807) is 12.1 Å².